The van der Waals surface area contributed by atoms with Crippen LogP contribution in [0.2, 0.25) is 0 Å². The number of carbonyl (C=O) groups is 2. The number of allylic oxidation sites excluding steroid dienone is 2. The first-order valence-electron chi connectivity index (χ1n) is 11.4. The van der Waals surface area contributed by atoms with Gasteiger partial charge in [-0.05, 0) is 49.8 Å². The molecule has 0 radical (unpaired) electrons. The fraction of sp³-hybridized carbons (Fsp3) is 0.625. The van der Waals surface area contributed by atoms with Gasteiger partial charge in [-0.2, -0.15) is 0 Å². The highest BCUT2D eigenvalue weighted by molar-refractivity contribution is 5.97. The predicted molar refractivity (Wildman–Crippen MR) is 121 cm³/mol. The first kappa shape index (κ1) is 24.2. The Morgan fingerprint density at radius 2 is 2.22 bits per heavy atom. The second-order valence-electron chi connectivity index (χ2n) is 8.88. The molecule has 2 amide bonds. The van der Waals surface area contributed by atoms with Crippen molar-refractivity contribution in [1.82, 2.24) is 14.8 Å². The number of methoxy groups -OCH3 is 1. The van der Waals surface area contributed by atoms with Gasteiger partial charge in [0.25, 0.3) is 5.91 Å². The molecule has 3 rings (SSSR count). The third kappa shape index (κ3) is 5.48. The van der Waals surface area contributed by atoms with E-state index in [1.54, 1.807) is 23.0 Å². The van der Waals surface area contributed by atoms with E-state index in [0.29, 0.717) is 18.7 Å². The number of nitrogens with zero attached hydrogens (tertiary/aromatic N) is 3. The molecule has 1 aromatic rings. The molecule has 0 saturated carbocycles. The summed E-state index contributed by atoms with van der Waals surface area (Å²) in [5.41, 5.74) is 2.55. The van der Waals surface area contributed by atoms with Gasteiger partial charge in [0.1, 0.15) is 18.3 Å². The monoisotopic (exact) mass is 445 g/mol. The van der Waals surface area contributed by atoms with Gasteiger partial charge in [-0.15, -0.1) is 0 Å². The number of likely N-dealkylation sites (N-methyl/N-ethyl adjacent to an activating group) is 1. The number of hydrogen-bond donors (Lipinski definition) is 1. The lowest BCUT2D eigenvalue weighted by Crippen LogP contribution is -2.50. The lowest BCUT2D eigenvalue weighted by atomic mass is 9.93. The molecule has 1 aromatic heterocycles. The summed E-state index contributed by atoms with van der Waals surface area (Å²) in [7, 11) is 3.20. The number of amides is 2. The first-order valence-corrected chi connectivity index (χ1v) is 11.4. The molecule has 0 spiro atoms. The van der Waals surface area contributed by atoms with Gasteiger partial charge in [0.15, 0.2) is 0 Å². The van der Waals surface area contributed by atoms with Crippen LogP contribution in [0.5, 0.6) is 5.88 Å². The van der Waals surface area contributed by atoms with Crippen molar-refractivity contribution >= 4 is 17.4 Å². The highest BCUT2D eigenvalue weighted by Gasteiger charge is 2.34. The van der Waals surface area contributed by atoms with Gasteiger partial charge in [0.05, 0.1) is 19.2 Å². The number of aromatic nitrogens is 1. The molecule has 176 valence electrons. The van der Waals surface area contributed by atoms with Crippen LogP contribution in [0.25, 0.3) is 5.57 Å². The zero-order valence-electron chi connectivity index (χ0n) is 19.5. The van der Waals surface area contributed by atoms with Crippen LogP contribution in [0.1, 0.15) is 55.5 Å². The highest BCUT2D eigenvalue weighted by Crippen LogP contribution is 2.32. The molecule has 2 aliphatic rings. The minimum Gasteiger partial charge on any atom is -0.472 e. The molecule has 1 aliphatic heterocycles. The summed E-state index contributed by atoms with van der Waals surface area (Å²) < 4.78 is 11.2. The average Bonchev–Trinajstić information content (AvgIpc) is 2.81. The van der Waals surface area contributed by atoms with Crippen molar-refractivity contribution in [3.63, 3.8) is 0 Å². The molecular weight excluding hydrogens is 410 g/mol. The summed E-state index contributed by atoms with van der Waals surface area (Å²) >= 11 is 0. The maximum absolute atomic E-state index is 13.5. The Labute approximate surface area is 190 Å². The normalized spacial score (nSPS) is 22.2. The Hall–Kier alpha value is -2.45. The van der Waals surface area contributed by atoms with Crippen LogP contribution >= 0.6 is 0 Å². The molecule has 1 aliphatic carbocycles. The summed E-state index contributed by atoms with van der Waals surface area (Å²) in [5.74, 6) is -0.146. The molecule has 0 saturated heterocycles. The van der Waals surface area contributed by atoms with Crippen molar-refractivity contribution in [3.8, 4) is 5.88 Å². The van der Waals surface area contributed by atoms with E-state index in [0.717, 1.165) is 24.8 Å². The van der Waals surface area contributed by atoms with Crippen molar-refractivity contribution in [3.05, 3.63) is 29.5 Å². The number of aliphatic hydroxyl groups is 1. The Balaban J connectivity index is 1.96. The second-order valence-corrected chi connectivity index (χ2v) is 8.88. The quantitative estimate of drug-likeness (QED) is 0.693. The topological polar surface area (TPSA) is 92.2 Å². The van der Waals surface area contributed by atoms with Gasteiger partial charge in [0, 0.05) is 32.8 Å². The lowest BCUT2D eigenvalue weighted by Gasteiger charge is -2.37. The third-order valence-electron chi connectivity index (χ3n) is 6.33. The summed E-state index contributed by atoms with van der Waals surface area (Å²) in [5, 5.41) is 9.79. The van der Waals surface area contributed by atoms with Crippen molar-refractivity contribution in [2.45, 2.75) is 51.7 Å². The molecule has 0 bridgehead atoms. The van der Waals surface area contributed by atoms with E-state index >= 15 is 0 Å². The van der Waals surface area contributed by atoms with E-state index in [4.69, 9.17) is 9.47 Å². The van der Waals surface area contributed by atoms with Crippen LogP contribution in [0, 0.1) is 5.92 Å². The predicted octanol–water partition coefficient (Wildman–Crippen LogP) is 2.36. The zero-order valence-corrected chi connectivity index (χ0v) is 19.5. The van der Waals surface area contributed by atoms with Crippen LogP contribution in [0.3, 0.4) is 0 Å². The van der Waals surface area contributed by atoms with Crippen LogP contribution in [-0.4, -0.2) is 84.3 Å². The minimum absolute atomic E-state index is 0.00291. The van der Waals surface area contributed by atoms with Gasteiger partial charge in [0.2, 0.25) is 11.8 Å². The fourth-order valence-electron chi connectivity index (χ4n) is 4.20. The van der Waals surface area contributed by atoms with Gasteiger partial charge in [-0.3, -0.25) is 9.59 Å². The lowest BCUT2D eigenvalue weighted by molar-refractivity contribution is -0.135. The van der Waals surface area contributed by atoms with Crippen LogP contribution < -0.4 is 4.74 Å². The Morgan fingerprint density at radius 1 is 1.44 bits per heavy atom. The van der Waals surface area contributed by atoms with E-state index in [1.165, 1.54) is 19.1 Å². The van der Waals surface area contributed by atoms with Crippen LogP contribution in [-0.2, 0) is 9.53 Å². The van der Waals surface area contributed by atoms with E-state index in [1.807, 2.05) is 19.9 Å². The molecule has 32 heavy (non-hydrogen) atoms. The zero-order chi connectivity index (χ0) is 23.3. The Bertz CT molecular complexity index is 856. The molecule has 1 N–H and O–H groups in total. The van der Waals surface area contributed by atoms with Crippen molar-refractivity contribution in [1.29, 1.82) is 0 Å². The maximum Gasteiger partial charge on any atom is 0.259 e. The van der Waals surface area contributed by atoms with Crippen LogP contribution in [0.4, 0.5) is 0 Å². The molecule has 0 aromatic carbocycles. The number of pyridine rings is 1. The summed E-state index contributed by atoms with van der Waals surface area (Å²) in [6.07, 6.45) is 7.93. The molecule has 3 atom stereocenters. The molecular formula is C24H35N3O5. The largest absolute Gasteiger partial charge is 0.472 e. The summed E-state index contributed by atoms with van der Waals surface area (Å²) in [4.78, 5) is 33.5. The Kier molecular flexibility index (Phi) is 8.26. The number of aliphatic hydroxyl groups excluding tert-OH is 1. The maximum atomic E-state index is 13.5. The van der Waals surface area contributed by atoms with Gasteiger partial charge < -0.3 is 24.4 Å². The number of rotatable bonds is 7. The fourth-order valence-corrected chi connectivity index (χ4v) is 4.20. The van der Waals surface area contributed by atoms with Crippen LogP contribution in [0.15, 0.2) is 18.3 Å². The number of fused-ring (bicyclic) bond motifs is 1. The SMILES string of the molecule is COCC(=O)N(C)C[C@@H]1Oc2ncc(C3=CCCCC3)cc2C(=O)N([C@H](C)CO)C[C@@H]1C. The molecule has 2 heterocycles. The van der Waals surface area contributed by atoms with E-state index in [2.05, 4.69) is 11.1 Å². The van der Waals surface area contributed by atoms with Gasteiger partial charge in [-0.25, -0.2) is 4.98 Å². The first-order chi connectivity index (χ1) is 15.3. The minimum atomic E-state index is -0.367. The summed E-state index contributed by atoms with van der Waals surface area (Å²) in [6, 6.07) is 1.52. The standard InChI is InChI=1S/C24H35N3O5/c1-16-12-27(17(2)14-28)24(30)20-10-19(18-8-6-5-7-9-18)11-25-23(20)32-21(16)13-26(3)22(29)15-31-4/h8,10-11,16-17,21,28H,5-7,9,12-15H2,1-4H3/t16-,17+,21-/m0/s1. The molecule has 8 nitrogen and oxygen atoms in total. The van der Waals surface area contributed by atoms with Gasteiger partial charge >= 0.3 is 0 Å². The second kappa shape index (κ2) is 10.9. The van der Waals surface area contributed by atoms with E-state index < -0.39 is 0 Å². The van der Waals surface area contributed by atoms with Crippen molar-refractivity contribution in [2.75, 3.05) is 40.5 Å². The smallest absolute Gasteiger partial charge is 0.259 e. The molecule has 0 fully saturated rings. The third-order valence-corrected chi connectivity index (χ3v) is 6.33. The van der Waals surface area contributed by atoms with E-state index in [-0.39, 0.29) is 49.0 Å². The summed E-state index contributed by atoms with van der Waals surface area (Å²) in [6.45, 7) is 4.42. The molecule has 0 unspecified atom stereocenters. The van der Waals surface area contributed by atoms with Crippen molar-refractivity contribution in [2.24, 2.45) is 5.92 Å². The van der Waals surface area contributed by atoms with E-state index in [9.17, 15) is 14.7 Å². The highest BCUT2D eigenvalue weighted by atomic mass is 16.5. The number of ether oxygens (including phenoxy) is 2. The van der Waals surface area contributed by atoms with Gasteiger partial charge in [-0.1, -0.05) is 13.0 Å². The number of hydrogen-bond acceptors (Lipinski definition) is 6. The number of carbonyl (C=O) groups excluding carboxylic acids is 2. The molecule has 8 heteroatoms. The van der Waals surface area contributed by atoms with Crippen molar-refractivity contribution < 1.29 is 24.2 Å². The average molecular weight is 446 g/mol. The Morgan fingerprint density at radius 3 is 2.88 bits per heavy atom.